The Morgan fingerprint density at radius 3 is 1.73 bits per heavy atom. The predicted octanol–water partition coefficient (Wildman–Crippen LogP) is 6.07. The molecule has 0 saturated carbocycles. The molecule has 7 nitrogen and oxygen atoms in total. The molecule has 3 atom stereocenters. The fraction of sp³-hybridized carbons (Fsp3) is 0.565. The van der Waals surface area contributed by atoms with Crippen LogP contribution in [0.3, 0.4) is 0 Å². The van der Waals surface area contributed by atoms with E-state index >= 15 is 0 Å². The van der Waals surface area contributed by atoms with Crippen LogP contribution in [0.2, 0.25) is 0 Å². The van der Waals surface area contributed by atoms with E-state index in [1.807, 2.05) is 0 Å². The van der Waals surface area contributed by atoms with Crippen molar-refractivity contribution in [3.05, 3.63) is 29.3 Å². The molecule has 3 aliphatic heterocycles. The number of amides is 4. The molecule has 0 spiro atoms. The highest BCUT2D eigenvalue weighted by atomic mass is 19.4. The van der Waals surface area contributed by atoms with Crippen molar-refractivity contribution >= 4 is 23.5 Å². The number of urea groups is 1. The lowest BCUT2D eigenvalue weighted by Crippen LogP contribution is -2.74. The average Bonchev–Trinajstić information content (AvgIpc) is 3.61. The van der Waals surface area contributed by atoms with E-state index in [2.05, 4.69) is 0 Å². The summed E-state index contributed by atoms with van der Waals surface area (Å²) in [5.41, 5.74) is -3.60. The van der Waals surface area contributed by atoms with Crippen LogP contribution in [0.5, 0.6) is 0 Å². The Bertz CT molecular complexity index is 1600. The standard InChI is InChI=1S/C23H10F18N4O3/c24-16(25,18(29,30)19(31,32)20(33,34)21(35,36)22(37,38)23(39,40)41)14(47)43-6-9-4-11(43)12-13(46)45(15(48)44(9)12)8-2-1-7(5-42)10(3-8)17(26,27)28/h1-3,9,11-12H,4,6H2. The van der Waals surface area contributed by atoms with Gasteiger partial charge < -0.3 is 9.80 Å². The topological polar surface area (TPSA) is 84.7 Å². The fourth-order valence-corrected chi connectivity index (χ4v) is 5.41. The van der Waals surface area contributed by atoms with Crippen molar-refractivity contribution in [1.29, 1.82) is 5.26 Å². The second-order valence-corrected chi connectivity index (χ2v) is 10.5. The van der Waals surface area contributed by atoms with E-state index in [0.29, 0.717) is 17.0 Å². The number of fused-ring (bicyclic) bond motifs is 5. The number of rotatable bonds is 7. The van der Waals surface area contributed by atoms with Crippen molar-refractivity contribution in [3.63, 3.8) is 0 Å². The third-order valence-corrected chi connectivity index (χ3v) is 7.81. The number of hydrogen-bond acceptors (Lipinski definition) is 4. The molecule has 3 saturated heterocycles. The Labute approximate surface area is 252 Å². The first-order valence-corrected chi connectivity index (χ1v) is 12.3. The number of nitriles is 1. The molecule has 0 N–H and O–H groups in total. The van der Waals surface area contributed by atoms with Gasteiger partial charge >= 0.3 is 53.9 Å². The van der Waals surface area contributed by atoms with Crippen molar-refractivity contribution in [3.8, 4) is 6.07 Å². The van der Waals surface area contributed by atoms with Crippen molar-refractivity contribution in [1.82, 2.24) is 9.80 Å². The van der Waals surface area contributed by atoms with E-state index in [4.69, 9.17) is 5.26 Å². The molecule has 1 aromatic rings. The zero-order valence-electron chi connectivity index (χ0n) is 22.2. The summed E-state index contributed by atoms with van der Waals surface area (Å²) in [6.45, 7) is -1.41. The molecule has 2 bridgehead atoms. The van der Waals surface area contributed by atoms with Gasteiger partial charge in [0.05, 0.1) is 35.0 Å². The minimum absolute atomic E-state index is 0.0292. The van der Waals surface area contributed by atoms with Gasteiger partial charge in [0, 0.05) is 6.54 Å². The summed E-state index contributed by atoms with van der Waals surface area (Å²) in [4.78, 5) is 38.3. The zero-order valence-corrected chi connectivity index (χ0v) is 22.2. The first-order chi connectivity index (χ1) is 21.4. The quantitative estimate of drug-likeness (QED) is 0.252. The summed E-state index contributed by atoms with van der Waals surface area (Å²) >= 11 is 0. The predicted molar refractivity (Wildman–Crippen MR) is 114 cm³/mol. The number of halogens is 18. The highest BCUT2D eigenvalue weighted by molar-refractivity contribution is 6.22. The van der Waals surface area contributed by atoms with E-state index in [0.717, 1.165) is 0 Å². The maximum Gasteiger partial charge on any atom is 0.460 e. The number of benzene rings is 1. The van der Waals surface area contributed by atoms with E-state index in [1.54, 1.807) is 0 Å². The lowest BCUT2D eigenvalue weighted by molar-refractivity contribution is -0.450. The van der Waals surface area contributed by atoms with Gasteiger partial charge in [-0.3, -0.25) is 9.59 Å². The number of hydrogen-bond donors (Lipinski definition) is 0. The van der Waals surface area contributed by atoms with Crippen LogP contribution in [0.25, 0.3) is 0 Å². The third kappa shape index (κ3) is 4.48. The van der Waals surface area contributed by atoms with Crippen LogP contribution in [0.1, 0.15) is 17.5 Å². The highest BCUT2D eigenvalue weighted by Crippen LogP contribution is 2.62. The minimum atomic E-state index is -8.64. The van der Waals surface area contributed by atoms with E-state index in [-0.39, 0.29) is 11.0 Å². The molecular formula is C23H10F18N4O3. The van der Waals surface area contributed by atoms with Gasteiger partial charge in [-0.1, -0.05) is 0 Å². The van der Waals surface area contributed by atoms with Gasteiger partial charge in [-0.05, 0) is 24.6 Å². The average molecular weight is 732 g/mol. The van der Waals surface area contributed by atoms with E-state index in [1.165, 1.54) is 6.07 Å². The molecule has 4 rings (SSSR count). The molecule has 25 heteroatoms. The highest BCUT2D eigenvalue weighted by Gasteiger charge is 2.94. The Balaban J connectivity index is 1.67. The summed E-state index contributed by atoms with van der Waals surface area (Å²) < 4.78 is 244. The van der Waals surface area contributed by atoms with Gasteiger partial charge in [0.1, 0.15) is 6.04 Å². The molecular weight excluding hydrogens is 722 g/mol. The number of likely N-dealkylation sites (tertiary alicyclic amines) is 1. The molecule has 3 fully saturated rings. The lowest BCUT2D eigenvalue weighted by Gasteiger charge is -2.42. The first kappa shape index (κ1) is 36.7. The SMILES string of the molecule is N#Cc1ccc(N2C(=O)C3C4CC(CN4C(=O)C(F)(F)C(F)(F)C(F)(F)C(F)(F)C(F)(F)C(F)(F)C(F)(F)F)N3C2=O)cc1C(F)(F)F. The van der Waals surface area contributed by atoms with Crippen molar-refractivity contribution < 1.29 is 93.4 Å². The summed E-state index contributed by atoms with van der Waals surface area (Å²) in [7, 11) is 0. The second kappa shape index (κ2) is 10.2. The number of carbonyl (C=O) groups is 3. The Kier molecular flexibility index (Phi) is 7.79. The summed E-state index contributed by atoms with van der Waals surface area (Å²) in [5.74, 6) is -54.7. The molecule has 0 aromatic heterocycles. The lowest BCUT2D eigenvalue weighted by atomic mass is 9.90. The Morgan fingerprint density at radius 1 is 0.750 bits per heavy atom. The van der Waals surface area contributed by atoms with Gasteiger partial charge in [0.15, 0.2) is 0 Å². The molecule has 0 aliphatic carbocycles. The van der Waals surface area contributed by atoms with Crippen LogP contribution >= 0.6 is 0 Å². The molecule has 0 radical (unpaired) electrons. The number of piperazine rings is 1. The molecule has 3 aliphatic rings. The normalized spacial score (nSPS) is 22.9. The van der Waals surface area contributed by atoms with Crippen LogP contribution in [0.4, 0.5) is 89.5 Å². The number of alkyl halides is 18. The van der Waals surface area contributed by atoms with E-state index < -0.39 is 119 Å². The summed E-state index contributed by atoms with van der Waals surface area (Å²) in [6.07, 6.45) is -13.9. The van der Waals surface area contributed by atoms with Gasteiger partial charge in [-0.15, -0.1) is 0 Å². The largest absolute Gasteiger partial charge is 0.460 e. The minimum Gasteiger partial charge on any atom is -0.330 e. The smallest absolute Gasteiger partial charge is 0.330 e. The molecule has 4 amide bonds. The van der Waals surface area contributed by atoms with Gasteiger partial charge in [0.25, 0.3) is 11.8 Å². The zero-order chi connectivity index (χ0) is 37.2. The number of carbonyl (C=O) groups excluding carboxylic acids is 3. The van der Waals surface area contributed by atoms with E-state index in [9.17, 15) is 93.4 Å². The maximum atomic E-state index is 14.7. The molecule has 3 unspecified atom stereocenters. The van der Waals surface area contributed by atoms with Crippen molar-refractivity contribution in [2.24, 2.45) is 0 Å². The first-order valence-electron chi connectivity index (χ1n) is 12.3. The molecule has 48 heavy (non-hydrogen) atoms. The number of anilines is 1. The van der Waals surface area contributed by atoms with Crippen LogP contribution in [-0.2, 0) is 15.8 Å². The summed E-state index contributed by atoms with van der Waals surface area (Å²) in [5, 5.41) is 8.90. The molecule has 1 aromatic carbocycles. The van der Waals surface area contributed by atoms with Crippen LogP contribution in [-0.4, -0.2) is 94.0 Å². The monoisotopic (exact) mass is 732 g/mol. The van der Waals surface area contributed by atoms with Crippen molar-refractivity contribution in [2.45, 2.75) is 72.4 Å². The summed E-state index contributed by atoms with van der Waals surface area (Å²) in [6, 6.07) is -5.27. The maximum absolute atomic E-state index is 14.7. The van der Waals surface area contributed by atoms with Crippen LogP contribution in [0.15, 0.2) is 18.2 Å². The van der Waals surface area contributed by atoms with Crippen LogP contribution < -0.4 is 4.90 Å². The molecule has 3 heterocycles. The van der Waals surface area contributed by atoms with Gasteiger partial charge in [0.2, 0.25) is 0 Å². The van der Waals surface area contributed by atoms with Crippen LogP contribution in [0, 0.1) is 11.3 Å². The third-order valence-electron chi connectivity index (χ3n) is 7.81. The number of imide groups is 1. The fourth-order valence-electron chi connectivity index (χ4n) is 5.41. The van der Waals surface area contributed by atoms with Gasteiger partial charge in [-0.25, -0.2) is 9.69 Å². The molecule has 266 valence electrons. The Morgan fingerprint density at radius 2 is 1.25 bits per heavy atom. The number of nitrogens with zero attached hydrogens (tertiary/aromatic N) is 4. The second-order valence-electron chi connectivity index (χ2n) is 10.5. The van der Waals surface area contributed by atoms with Gasteiger partial charge in [-0.2, -0.15) is 84.3 Å². The Hall–Kier alpha value is -4.14. The van der Waals surface area contributed by atoms with Crippen molar-refractivity contribution in [2.75, 3.05) is 11.4 Å².